The summed E-state index contributed by atoms with van der Waals surface area (Å²) in [6, 6.07) is 12.0. The van der Waals surface area contributed by atoms with Crippen LogP contribution in [0.25, 0.3) is 10.9 Å². The molecule has 2 heterocycles. The quantitative estimate of drug-likeness (QED) is 0.718. The van der Waals surface area contributed by atoms with Gasteiger partial charge in [0.1, 0.15) is 5.82 Å². The molecule has 0 atom stereocenters. The van der Waals surface area contributed by atoms with Crippen molar-refractivity contribution in [3.8, 4) is 0 Å². The van der Waals surface area contributed by atoms with Gasteiger partial charge in [0.2, 0.25) is 11.9 Å². The number of fused-ring (bicyclic) bond motifs is 1. The summed E-state index contributed by atoms with van der Waals surface area (Å²) in [6.45, 7) is 0. The number of aromatic amines is 1. The molecule has 0 fully saturated rings. The molecule has 2 N–H and O–H groups in total. The first kappa shape index (κ1) is 12.3. The van der Waals surface area contributed by atoms with Gasteiger partial charge in [-0.05, 0) is 23.8 Å². The van der Waals surface area contributed by atoms with Crippen molar-refractivity contribution in [3.63, 3.8) is 0 Å². The van der Waals surface area contributed by atoms with Crippen LogP contribution in [0.15, 0.2) is 48.7 Å². The fraction of sp³-hybridized carbons (Fsp3) is 0.0667. The molecule has 1 aromatic carbocycles. The maximum absolute atomic E-state index is 12.9. The summed E-state index contributed by atoms with van der Waals surface area (Å²) < 4.78 is 12.9. The Morgan fingerprint density at radius 1 is 1.20 bits per heavy atom. The number of aromatic nitrogens is 2. The van der Waals surface area contributed by atoms with Gasteiger partial charge >= 0.3 is 0 Å². The minimum absolute atomic E-state index is 0.211. The lowest BCUT2D eigenvalue weighted by Gasteiger charge is -2.03. The summed E-state index contributed by atoms with van der Waals surface area (Å²) in [7, 11) is 0. The number of anilines is 1. The van der Waals surface area contributed by atoms with Gasteiger partial charge in [0, 0.05) is 17.1 Å². The predicted molar refractivity (Wildman–Crippen MR) is 74.8 cm³/mol. The second kappa shape index (κ2) is 5.13. The van der Waals surface area contributed by atoms with E-state index in [1.807, 2.05) is 30.5 Å². The van der Waals surface area contributed by atoms with Crippen LogP contribution in [0.4, 0.5) is 10.2 Å². The first-order valence-electron chi connectivity index (χ1n) is 6.20. The van der Waals surface area contributed by atoms with Gasteiger partial charge in [0.15, 0.2) is 0 Å². The minimum atomic E-state index is -0.616. The Morgan fingerprint density at radius 3 is 2.90 bits per heavy atom. The number of para-hydroxylation sites is 1. The van der Waals surface area contributed by atoms with Crippen LogP contribution in [0.3, 0.4) is 0 Å². The summed E-state index contributed by atoms with van der Waals surface area (Å²) in [5.41, 5.74) is 1.88. The molecule has 0 unspecified atom stereocenters. The Balaban J connectivity index is 1.76. The van der Waals surface area contributed by atoms with Crippen molar-refractivity contribution in [2.24, 2.45) is 0 Å². The topological polar surface area (TPSA) is 57.8 Å². The van der Waals surface area contributed by atoms with Gasteiger partial charge in [-0.3, -0.25) is 4.79 Å². The summed E-state index contributed by atoms with van der Waals surface area (Å²) in [6.07, 6.45) is 2.02. The maximum Gasteiger partial charge on any atom is 0.230 e. The van der Waals surface area contributed by atoms with E-state index in [0.29, 0.717) is 0 Å². The number of amides is 1. The normalized spacial score (nSPS) is 10.7. The average molecular weight is 269 g/mol. The standard InChI is InChI=1S/C15H12FN3O/c16-13-6-3-7-14(18-13)19-15(20)8-10-9-17-12-5-2-1-4-11(10)12/h1-7,9,17H,8H2,(H,18,19,20). The van der Waals surface area contributed by atoms with E-state index in [1.54, 1.807) is 6.07 Å². The number of nitrogens with zero attached hydrogens (tertiary/aromatic N) is 1. The highest BCUT2D eigenvalue weighted by Crippen LogP contribution is 2.18. The van der Waals surface area contributed by atoms with Gasteiger partial charge in [-0.1, -0.05) is 24.3 Å². The number of hydrogen-bond acceptors (Lipinski definition) is 2. The van der Waals surface area contributed by atoms with E-state index in [-0.39, 0.29) is 18.1 Å². The molecule has 100 valence electrons. The van der Waals surface area contributed by atoms with E-state index in [4.69, 9.17) is 0 Å². The SMILES string of the molecule is O=C(Cc1c[nH]c2ccccc12)Nc1cccc(F)n1. The molecule has 0 bridgehead atoms. The molecule has 2 aromatic heterocycles. The van der Waals surface area contributed by atoms with Crippen LogP contribution in [0.5, 0.6) is 0 Å². The summed E-state index contributed by atoms with van der Waals surface area (Å²) in [5.74, 6) is -0.627. The highest BCUT2D eigenvalue weighted by molar-refractivity contribution is 5.95. The smallest absolute Gasteiger partial charge is 0.230 e. The first-order valence-corrected chi connectivity index (χ1v) is 6.20. The molecule has 0 saturated heterocycles. The number of hydrogen-bond donors (Lipinski definition) is 2. The number of halogens is 1. The number of pyridine rings is 1. The third kappa shape index (κ3) is 2.51. The summed E-state index contributed by atoms with van der Waals surface area (Å²) >= 11 is 0. The number of nitrogens with one attached hydrogen (secondary N) is 2. The zero-order chi connectivity index (χ0) is 13.9. The van der Waals surface area contributed by atoms with E-state index in [1.165, 1.54) is 12.1 Å². The predicted octanol–water partition coefficient (Wildman–Crippen LogP) is 2.88. The Morgan fingerprint density at radius 2 is 2.05 bits per heavy atom. The fourth-order valence-electron chi connectivity index (χ4n) is 2.12. The van der Waals surface area contributed by atoms with Gasteiger partial charge in [-0.2, -0.15) is 4.39 Å². The van der Waals surface area contributed by atoms with Crippen molar-refractivity contribution < 1.29 is 9.18 Å². The molecule has 20 heavy (non-hydrogen) atoms. The molecule has 0 aliphatic rings. The molecule has 0 aliphatic carbocycles. The molecule has 0 radical (unpaired) electrons. The zero-order valence-electron chi connectivity index (χ0n) is 10.6. The first-order chi connectivity index (χ1) is 9.72. The third-order valence-electron chi connectivity index (χ3n) is 3.01. The Kier molecular flexibility index (Phi) is 3.16. The van der Waals surface area contributed by atoms with Crippen molar-refractivity contribution in [1.82, 2.24) is 9.97 Å². The highest BCUT2D eigenvalue weighted by Gasteiger charge is 2.09. The molecular weight excluding hydrogens is 257 g/mol. The van der Waals surface area contributed by atoms with E-state index in [2.05, 4.69) is 15.3 Å². The van der Waals surface area contributed by atoms with Crippen LogP contribution in [0.1, 0.15) is 5.56 Å². The number of benzene rings is 1. The van der Waals surface area contributed by atoms with Crippen molar-refractivity contribution in [2.45, 2.75) is 6.42 Å². The van der Waals surface area contributed by atoms with E-state index >= 15 is 0 Å². The van der Waals surface area contributed by atoms with Crippen LogP contribution < -0.4 is 5.32 Å². The van der Waals surface area contributed by atoms with Gasteiger partial charge in [-0.15, -0.1) is 0 Å². The molecule has 3 rings (SSSR count). The Bertz CT molecular complexity index is 766. The summed E-state index contributed by atoms with van der Waals surface area (Å²) in [5, 5.41) is 3.59. The number of rotatable bonds is 3. The fourth-order valence-corrected chi connectivity index (χ4v) is 2.12. The molecule has 3 aromatic rings. The Hall–Kier alpha value is -2.69. The highest BCUT2D eigenvalue weighted by atomic mass is 19.1. The van der Waals surface area contributed by atoms with Crippen LogP contribution in [-0.2, 0) is 11.2 Å². The minimum Gasteiger partial charge on any atom is -0.361 e. The molecular formula is C15H12FN3O. The molecule has 5 heteroatoms. The van der Waals surface area contributed by atoms with Crippen LogP contribution in [0.2, 0.25) is 0 Å². The van der Waals surface area contributed by atoms with Crippen LogP contribution in [0, 0.1) is 5.95 Å². The van der Waals surface area contributed by atoms with Gasteiger partial charge in [0.25, 0.3) is 0 Å². The third-order valence-corrected chi connectivity index (χ3v) is 3.01. The Labute approximate surface area is 114 Å². The number of carbonyl (C=O) groups is 1. The second-order valence-electron chi connectivity index (χ2n) is 4.43. The van der Waals surface area contributed by atoms with Gasteiger partial charge < -0.3 is 10.3 Å². The van der Waals surface area contributed by atoms with E-state index in [9.17, 15) is 9.18 Å². The molecule has 1 amide bonds. The average Bonchev–Trinajstić information content (AvgIpc) is 2.82. The van der Waals surface area contributed by atoms with Crippen molar-refractivity contribution in [1.29, 1.82) is 0 Å². The van der Waals surface area contributed by atoms with Crippen molar-refractivity contribution >= 4 is 22.6 Å². The second-order valence-corrected chi connectivity index (χ2v) is 4.43. The lowest BCUT2D eigenvalue weighted by molar-refractivity contribution is -0.115. The lowest BCUT2D eigenvalue weighted by atomic mass is 10.1. The maximum atomic E-state index is 12.9. The van der Waals surface area contributed by atoms with Crippen molar-refractivity contribution in [3.05, 3.63) is 60.2 Å². The summed E-state index contributed by atoms with van der Waals surface area (Å²) in [4.78, 5) is 18.7. The monoisotopic (exact) mass is 269 g/mol. The zero-order valence-corrected chi connectivity index (χ0v) is 10.6. The van der Waals surface area contributed by atoms with Gasteiger partial charge in [0.05, 0.1) is 6.42 Å². The molecule has 0 saturated carbocycles. The number of carbonyl (C=O) groups excluding carboxylic acids is 1. The van der Waals surface area contributed by atoms with E-state index < -0.39 is 5.95 Å². The molecule has 0 aliphatic heterocycles. The largest absolute Gasteiger partial charge is 0.361 e. The van der Waals surface area contributed by atoms with Gasteiger partial charge in [-0.25, -0.2) is 4.98 Å². The van der Waals surface area contributed by atoms with E-state index in [0.717, 1.165) is 16.5 Å². The molecule has 0 spiro atoms. The van der Waals surface area contributed by atoms with Crippen LogP contribution in [-0.4, -0.2) is 15.9 Å². The molecule has 4 nitrogen and oxygen atoms in total. The lowest BCUT2D eigenvalue weighted by Crippen LogP contribution is -2.15. The van der Waals surface area contributed by atoms with Crippen molar-refractivity contribution in [2.75, 3.05) is 5.32 Å². The number of H-pyrrole nitrogens is 1. The van der Waals surface area contributed by atoms with Crippen LogP contribution >= 0.6 is 0 Å².